The summed E-state index contributed by atoms with van der Waals surface area (Å²) >= 11 is 0. The number of amides is 10. The molecule has 0 bridgehead atoms. The van der Waals surface area contributed by atoms with Gasteiger partial charge in [-0.05, 0) is 94.2 Å². The molecule has 0 aromatic heterocycles. The number of rotatable bonds is 40. The minimum Gasteiger partial charge on any atom is -0.508 e. The van der Waals surface area contributed by atoms with E-state index in [2.05, 4.69) is 58.5 Å². The van der Waals surface area contributed by atoms with Gasteiger partial charge >= 0.3 is 11.9 Å². The molecule has 488 valence electrons. The SMILES string of the molecule is CC[C@H](C)[C@H](NC(=O)[C@H](C)NC(=O)[C@@H](NC(=O)[C@@H](NC(=O)[C@@H](N)Cc1ccc(O)cc1)C(C)C)[C@@H](C)O)C(=O)N[C@@H](CCCNC(=N)N)C(=O)N[C@@H](CC(N)=O)C(=O)N[C@@H](CC(C)C)C(=O)N[C@@H](CCCNC(=N)N)C(=O)N[C@@H](CCC(=O)O)C(=O)O. The molecule has 87 heavy (non-hydrogen) atoms. The van der Waals surface area contributed by atoms with Crippen LogP contribution in [0.4, 0.5) is 0 Å². The van der Waals surface area contributed by atoms with Gasteiger partial charge < -0.3 is 102 Å². The number of aromatic hydroxyl groups is 1. The van der Waals surface area contributed by atoms with Gasteiger partial charge in [0.05, 0.1) is 18.6 Å². The van der Waals surface area contributed by atoms with Gasteiger partial charge in [-0.15, -0.1) is 0 Å². The summed E-state index contributed by atoms with van der Waals surface area (Å²) < 4.78 is 0. The highest BCUT2D eigenvalue weighted by molar-refractivity contribution is 5.99. The number of nitrogens with one attached hydrogen (secondary N) is 13. The number of carboxylic acids is 2. The van der Waals surface area contributed by atoms with Crippen molar-refractivity contribution >= 4 is 82.9 Å². The Balaban J connectivity index is 3.46. The summed E-state index contributed by atoms with van der Waals surface area (Å²) in [5, 5.41) is 81.1. The van der Waals surface area contributed by atoms with E-state index in [0.29, 0.717) is 5.56 Å². The molecule has 25 N–H and O–H groups in total. The molecule has 0 unspecified atom stereocenters. The number of aliphatic hydroxyl groups is 1. The lowest BCUT2D eigenvalue weighted by Crippen LogP contribution is -2.62. The second-order valence-corrected chi connectivity index (χ2v) is 21.9. The number of primary amides is 1. The summed E-state index contributed by atoms with van der Waals surface area (Å²) in [5.41, 5.74) is 23.1. The van der Waals surface area contributed by atoms with Crippen molar-refractivity contribution < 1.29 is 78.0 Å². The topological polar surface area (TPSA) is 570 Å². The zero-order valence-corrected chi connectivity index (χ0v) is 50.4. The van der Waals surface area contributed by atoms with Crippen LogP contribution < -0.4 is 81.4 Å². The Labute approximate surface area is 504 Å². The van der Waals surface area contributed by atoms with Crippen LogP contribution in [-0.4, -0.2) is 183 Å². The Morgan fingerprint density at radius 1 is 0.529 bits per heavy atom. The summed E-state index contributed by atoms with van der Waals surface area (Å²) in [6.07, 6.45) is -3.64. The zero-order valence-electron chi connectivity index (χ0n) is 50.4. The quantitative estimate of drug-likeness (QED) is 0.0166. The van der Waals surface area contributed by atoms with E-state index in [1.807, 2.05) is 0 Å². The predicted molar refractivity (Wildman–Crippen MR) is 315 cm³/mol. The lowest BCUT2D eigenvalue weighted by molar-refractivity contribution is -0.143. The van der Waals surface area contributed by atoms with Gasteiger partial charge in [0.25, 0.3) is 0 Å². The Kier molecular flexibility index (Phi) is 33.5. The number of carbonyl (C=O) groups is 12. The van der Waals surface area contributed by atoms with Gasteiger partial charge in [-0.2, -0.15) is 0 Å². The van der Waals surface area contributed by atoms with Crippen molar-refractivity contribution in [2.24, 2.45) is 40.7 Å². The molecule has 0 spiro atoms. The molecule has 0 radical (unpaired) electrons. The zero-order chi connectivity index (χ0) is 66.4. The number of nitrogens with two attached hydrogens (primary N) is 4. The molecule has 1 rings (SSSR count). The Hall–Kier alpha value is -8.88. The lowest BCUT2D eigenvalue weighted by Gasteiger charge is -2.30. The fourth-order valence-electron chi connectivity index (χ4n) is 8.36. The molecule has 12 atom stereocenters. The van der Waals surface area contributed by atoms with Crippen LogP contribution in [0.1, 0.15) is 119 Å². The normalized spacial score (nSPS) is 15.2. The largest absolute Gasteiger partial charge is 0.508 e. The van der Waals surface area contributed by atoms with Crippen molar-refractivity contribution in [2.75, 3.05) is 13.1 Å². The van der Waals surface area contributed by atoms with E-state index < -0.39 is 181 Å². The van der Waals surface area contributed by atoms with Gasteiger partial charge in [-0.25, -0.2) is 4.79 Å². The van der Waals surface area contributed by atoms with Gasteiger partial charge in [0, 0.05) is 19.5 Å². The molecule has 0 saturated carbocycles. The molecule has 0 aliphatic carbocycles. The van der Waals surface area contributed by atoms with Gasteiger partial charge in [-0.3, -0.25) is 63.6 Å². The Morgan fingerprint density at radius 2 is 0.966 bits per heavy atom. The number of aliphatic hydroxyl groups excluding tert-OH is 1. The third-order valence-corrected chi connectivity index (χ3v) is 13.5. The lowest BCUT2D eigenvalue weighted by atomic mass is 9.97. The monoisotopic (exact) mass is 1230 g/mol. The fraction of sp³-hybridized carbons (Fsp3) is 0.630. The highest BCUT2D eigenvalue weighted by atomic mass is 16.4. The predicted octanol–water partition coefficient (Wildman–Crippen LogP) is -4.87. The number of carbonyl (C=O) groups excluding carboxylic acids is 10. The van der Waals surface area contributed by atoms with E-state index in [0.717, 1.165) is 0 Å². The molecule has 10 amide bonds. The third kappa shape index (κ3) is 29.2. The molecule has 0 aliphatic rings. The van der Waals surface area contributed by atoms with Gasteiger partial charge in [0.1, 0.15) is 60.1 Å². The number of carboxylic acid groups (broad SMARTS) is 2. The first kappa shape index (κ1) is 76.1. The van der Waals surface area contributed by atoms with Crippen molar-refractivity contribution in [1.29, 1.82) is 10.8 Å². The second kappa shape index (κ2) is 38.2. The average Bonchev–Trinajstić information content (AvgIpc) is 3.64. The standard InChI is InChI=1S/C54H91N17O16/c1-9-27(6)41(70-43(77)28(7)63-51(85)42(29(8)72)71-49(83)40(26(4)5)69-44(78)32(55)23-30-14-16-31(73)17-15-30)50(84)65-34(13-11-21-62-54(59)60)46(80)68-37(24-38(56)74)48(82)67-36(22-25(2)3)47(81)64-33(12-10-20-61-53(57)58)45(79)66-35(52(86)87)18-19-39(75)76/h14-17,25-29,32-37,40-42,72-73H,9-13,18-24,55H2,1-8H3,(H2,56,74)(H,63,85)(H,64,81)(H,65,84)(H,66,79)(H,67,82)(H,68,80)(H,69,78)(H,70,77)(H,71,83)(H,75,76)(H,86,87)(H4,57,58,61)(H4,59,60,62)/t27-,28-,29+,32-,33-,34-,35-,36-,37-,40-,41-,42-/m0/s1. The smallest absolute Gasteiger partial charge is 0.326 e. The van der Waals surface area contributed by atoms with Crippen molar-refractivity contribution in [3.63, 3.8) is 0 Å². The van der Waals surface area contributed by atoms with Crippen molar-refractivity contribution in [2.45, 2.75) is 186 Å². The Morgan fingerprint density at radius 3 is 1.43 bits per heavy atom. The maximum atomic E-state index is 14.3. The van der Waals surface area contributed by atoms with Crippen LogP contribution in [0.5, 0.6) is 5.75 Å². The molecule has 1 aromatic rings. The number of hydrogen-bond acceptors (Lipinski definition) is 17. The molecular weight excluding hydrogens is 1140 g/mol. The van der Waals surface area contributed by atoms with Crippen molar-refractivity contribution in [1.82, 2.24) is 58.5 Å². The summed E-state index contributed by atoms with van der Waals surface area (Å²) in [4.78, 5) is 160. The first-order chi connectivity index (χ1) is 40.6. The Bertz CT molecular complexity index is 2550. The first-order valence-corrected chi connectivity index (χ1v) is 28.4. The molecule has 0 fully saturated rings. The molecule has 1 aromatic carbocycles. The molecule has 0 heterocycles. The van der Waals surface area contributed by atoms with Crippen LogP contribution in [0.2, 0.25) is 0 Å². The van der Waals surface area contributed by atoms with E-state index in [1.165, 1.54) is 26.0 Å². The maximum Gasteiger partial charge on any atom is 0.326 e. The summed E-state index contributed by atoms with van der Waals surface area (Å²) in [6.45, 7) is 12.3. The highest BCUT2D eigenvalue weighted by Crippen LogP contribution is 2.15. The van der Waals surface area contributed by atoms with Gasteiger partial charge in [0.15, 0.2) is 11.9 Å². The fourth-order valence-corrected chi connectivity index (χ4v) is 8.36. The number of phenols is 1. The number of phenolic OH excluding ortho intramolecular Hbond substituents is 1. The van der Waals surface area contributed by atoms with Gasteiger partial charge in [0.2, 0.25) is 59.1 Å². The molecule has 33 nitrogen and oxygen atoms in total. The van der Waals surface area contributed by atoms with Crippen LogP contribution in [0.15, 0.2) is 24.3 Å². The molecular formula is C54H91N17O16. The maximum absolute atomic E-state index is 14.3. The summed E-state index contributed by atoms with van der Waals surface area (Å²) in [5.74, 6) is -15.1. The summed E-state index contributed by atoms with van der Waals surface area (Å²) in [6, 6.07) is -8.99. The molecule has 33 heteroatoms. The second-order valence-electron chi connectivity index (χ2n) is 21.9. The number of guanidine groups is 2. The average molecular weight is 1230 g/mol. The third-order valence-electron chi connectivity index (χ3n) is 13.5. The van der Waals surface area contributed by atoms with Crippen molar-refractivity contribution in [3.8, 4) is 5.75 Å². The van der Waals surface area contributed by atoms with Crippen LogP contribution in [0.25, 0.3) is 0 Å². The van der Waals surface area contributed by atoms with E-state index in [9.17, 15) is 72.9 Å². The molecule has 0 saturated heterocycles. The van der Waals surface area contributed by atoms with Crippen LogP contribution in [-0.2, 0) is 64.0 Å². The van der Waals surface area contributed by atoms with Crippen LogP contribution in [0.3, 0.4) is 0 Å². The number of hydrogen-bond donors (Lipinski definition) is 21. The number of aliphatic carboxylic acids is 2. The number of benzene rings is 1. The summed E-state index contributed by atoms with van der Waals surface area (Å²) in [7, 11) is 0. The van der Waals surface area contributed by atoms with E-state index in [-0.39, 0.29) is 69.7 Å². The van der Waals surface area contributed by atoms with Crippen LogP contribution >= 0.6 is 0 Å². The van der Waals surface area contributed by atoms with Gasteiger partial charge in [-0.1, -0.05) is 60.1 Å². The van der Waals surface area contributed by atoms with E-state index in [4.69, 9.17) is 38.9 Å². The van der Waals surface area contributed by atoms with E-state index in [1.54, 1.807) is 53.7 Å². The molecule has 0 aliphatic heterocycles. The highest BCUT2D eigenvalue weighted by Gasteiger charge is 2.38. The minimum atomic E-state index is -1.82. The first-order valence-electron chi connectivity index (χ1n) is 28.4. The minimum absolute atomic E-state index is 0.00259. The van der Waals surface area contributed by atoms with Crippen LogP contribution in [0, 0.1) is 28.6 Å². The van der Waals surface area contributed by atoms with Crippen molar-refractivity contribution in [3.05, 3.63) is 29.8 Å². The van der Waals surface area contributed by atoms with E-state index >= 15 is 0 Å².